The van der Waals surface area contributed by atoms with Crippen LogP contribution in [0.4, 0.5) is 18.0 Å². The highest BCUT2D eigenvalue weighted by Crippen LogP contribution is 2.33. The van der Waals surface area contributed by atoms with Crippen LogP contribution in [0.5, 0.6) is 0 Å². The average Bonchev–Trinajstić information content (AvgIpc) is 3.47. The van der Waals surface area contributed by atoms with Crippen molar-refractivity contribution < 1.29 is 32.6 Å². The topological polar surface area (TPSA) is 97.6 Å². The Morgan fingerprint density at radius 3 is 2.17 bits per heavy atom. The average molecular weight is 551 g/mol. The summed E-state index contributed by atoms with van der Waals surface area (Å²) < 4.78 is 45.1. The van der Waals surface area contributed by atoms with E-state index in [1.54, 1.807) is 18.3 Å². The van der Waals surface area contributed by atoms with Gasteiger partial charge in [-0.2, -0.15) is 13.2 Å². The standard InChI is InChI=1S/C29H25F3N4O4/c1-40-27(37)23-15-21(19-4-2-18(3-5-19)20-10-12-35(13-11-20)28(38)39)14-22(16-23)26-17-36(34-33-26)25-8-6-24(7-9-25)29(30,31)32/h2-9,14-17,20H,10-13H2,1H3,(H,38,39). The fourth-order valence-electron chi connectivity index (χ4n) is 4.86. The van der Waals surface area contributed by atoms with Crippen LogP contribution in [-0.2, 0) is 10.9 Å². The van der Waals surface area contributed by atoms with Crippen LogP contribution in [0, 0.1) is 0 Å². The Balaban J connectivity index is 1.42. The summed E-state index contributed by atoms with van der Waals surface area (Å²) in [5.74, 6) is -0.262. The number of aromatic nitrogens is 3. The van der Waals surface area contributed by atoms with Crippen LogP contribution in [0.3, 0.4) is 0 Å². The number of hydrogen-bond donors (Lipinski definition) is 1. The number of carbonyl (C=O) groups excluding carboxylic acids is 1. The van der Waals surface area contributed by atoms with Crippen molar-refractivity contribution in [2.75, 3.05) is 20.2 Å². The number of esters is 1. The summed E-state index contributed by atoms with van der Waals surface area (Å²) in [5, 5.41) is 17.4. The van der Waals surface area contributed by atoms with E-state index in [1.165, 1.54) is 28.8 Å². The van der Waals surface area contributed by atoms with Crippen LogP contribution in [0.25, 0.3) is 28.1 Å². The third-order valence-corrected chi connectivity index (χ3v) is 7.08. The number of carboxylic acid groups (broad SMARTS) is 1. The van der Waals surface area contributed by atoms with Gasteiger partial charge in [0.1, 0.15) is 5.69 Å². The SMILES string of the molecule is COC(=O)c1cc(-c2ccc(C3CCN(C(=O)O)CC3)cc2)cc(-c2cn(-c3ccc(C(F)(F)F)cc3)nn2)c1. The molecule has 5 rings (SSSR count). The predicted molar refractivity (Wildman–Crippen MR) is 140 cm³/mol. The molecule has 1 amide bonds. The van der Waals surface area contributed by atoms with E-state index in [9.17, 15) is 27.9 Å². The van der Waals surface area contributed by atoms with Crippen LogP contribution in [0.2, 0.25) is 0 Å². The summed E-state index contributed by atoms with van der Waals surface area (Å²) >= 11 is 0. The highest BCUT2D eigenvalue weighted by Gasteiger charge is 2.30. The number of alkyl halides is 3. The van der Waals surface area contributed by atoms with E-state index in [0.717, 1.165) is 41.7 Å². The van der Waals surface area contributed by atoms with Crippen LogP contribution < -0.4 is 0 Å². The quantitative estimate of drug-likeness (QED) is 0.295. The minimum Gasteiger partial charge on any atom is -0.465 e. The van der Waals surface area contributed by atoms with Crippen LogP contribution in [0.15, 0.2) is 72.9 Å². The summed E-state index contributed by atoms with van der Waals surface area (Å²) in [7, 11) is 1.29. The molecule has 1 fully saturated rings. The van der Waals surface area contributed by atoms with Gasteiger partial charge in [-0.25, -0.2) is 14.3 Å². The molecule has 0 bridgehead atoms. The first-order valence-electron chi connectivity index (χ1n) is 12.5. The Kier molecular flexibility index (Phi) is 7.29. The number of likely N-dealkylation sites (tertiary alicyclic amines) is 1. The molecule has 1 aromatic heterocycles. The summed E-state index contributed by atoms with van der Waals surface area (Å²) in [4.78, 5) is 25.1. The number of benzene rings is 3. The van der Waals surface area contributed by atoms with Gasteiger partial charge >= 0.3 is 18.2 Å². The highest BCUT2D eigenvalue weighted by atomic mass is 19.4. The van der Waals surface area contributed by atoms with Gasteiger partial charge in [0.05, 0.1) is 30.1 Å². The molecule has 206 valence electrons. The van der Waals surface area contributed by atoms with Crippen molar-refractivity contribution in [1.82, 2.24) is 19.9 Å². The van der Waals surface area contributed by atoms with Gasteiger partial charge in [0.2, 0.25) is 0 Å². The van der Waals surface area contributed by atoms with Crippen LogP contribution in [-0.4, -0.2) is 57.3 Å². The molecular formula is C29H25F3N4O4. The van der Waals surface area contributed by atoms with Gasteiger partial charge in [-0.1, -0.05) is 29.5 Å². The number of ether oxygens (including phenoxy) is 1. The minimum absolute atomic E-state index is 0.266. The summed E-state index contributed by atoms with van der Waals surface area (Å²) in [6.07, 6.45) is -2.25. The van der Waals surface area contributed by atoms with E-state index in [2.05, 4.69) is 10.3 Å². The van der Waals surface area contributed by atoms with Crippen molar-refractivity contribution in [3.8, 4) is 28.1 Å². The zero-order valence-corrected chi connectivity index (χ0v) is 21.4. The normalized spacial score (nSPS) is 14.2. The minimum atomic E-state index is -4.44. The van der Waals surface area contributed by atoms with Crippen molar-refractivity contribution in [3.05, 3.63) is 89.6 Å². The van der Waals surface area contributed by atoms with Crippen LogP contribution in [0.1, 0.15) is 40.2 Å². The first-order valence-corrected chi connectivity index (χ1v) is 12.5. The Morgan fingerprint density at radius 2 is 1.57 bits per heavy atom. The van der Waals surface area contributed by atoms with E-state index in [4.69, 9.17) is 4.74 Å². The third-order valence-electron chi connectivity index (χ3n) is 7.08. The molecule has 1 aliphatic heterocycles. The molecule has 0 spiro atoms. The fourth-order valence-corrected chi connectivity index (χ4v) is 4.86. The number of hydrogen-bond acceptors (Lipinski definition) is 5. The molecular weight excluding hydrogens is 525 g/mol. The van der Waals surface area contributed by atoms with E-state index in [-0.39, 0.29) is 5.92 Å². The molecule has 3 aromatic carbocycles. The lowest BCUT2D eigenvalue weighted by molar-refractivity contribution is -0.137. The Labute approximate surface area is 227 Å². The second kappa shape index (κ2) is 10.8. The van der Waals surface area contributed by atoms with Crippen molar-refractivity contribution in [3.63, 3.8) is 0 Å². The number of methoxy groups -OCH3 is 1. The molecule has 0 aliphatic carbocycles. The summed E-state index contributed by atoms with van der Waals surface area (Å²) in [5.41, 5.74) is 3.68. The molecule has 1 saturated heterocycles. The molecule has 1 aliphatic rings. The molecule has 40 heavy (non-hydrogen) atoms. The molecule has 2 heterocycles. The van der Waals surface area contributed by atoms with Crippen molar-refractivity contribution >= 4 is 12.1 Å². The lowest BCUT2D eigenvalue weighted by atomic mass is 9.88. The van der Waals surface area contributed by atoms with E-state index in [1.807, 2.05) is 30.3 Å². The first kappa shape index (κ1) is 26.9. The van der Waals surface area contributed by atoms with Crippen molar-refractivity contribution in [2.45, 2.75) is 24.9 Å². The van der Waals surface area contributed by atoms with Crippen molar-refractivity contribution in [1.29, 1.82) is 0 Å². The first-order chi connectivity index (χ1) is 19.1. The smallest absolute Gasteiger partial charge is 0.416 e. The Morgan fingerprint density at radius 1 is 0.925 bits per heavy atom. The number of nitrogens with zero attached hydrogens (tertiary/aromatic N) is 4. The third kappa shape index (κ3) is 5.68. The maximum absolute atomic E-state index is 12.9. The van der Waals surface area contributed by atoms with Gasteiger partial charge < -0.3 is 14.7 Å². The molecule has 1 N–H and O–H groups in total. The van der Waals surface area contributed by atoms with E-state index in [0.29, 0.717) is 35.6 Å². The lowest BCUT2D eigenvalue weighted by Crippen LogP contribution is -2.36. The van der Waals surface area contributed by atoms with Gasteiger partial charge in [-0.05, 0) is 77.9 Å². The van der Waals surface area contributed by atoms with Gasteiger partial charge in [-0.3, -0.25) is 0 Å². The van der Waals surface area contributed by atoms with Gasteiger partial charge in [-0.15, -0.1) is 5.10 Å². The molecule has 0 saturated carbocycles. The predicted octanol–water partition coefficient (Wildman–Crippen LogP) is 6.26. The highest BCUT2D eigenvalue weighted by molar-refractivity contribution is 5.93. The second-order valence-electron chi connectivity index (χ2n) is 9.55. The largest absolute Gasteiger partial charge is 0.465 e. The zero-order chi connectivity index (χ0) is 28.4. The van der Waals surface area contributed by atoms with Crippen LogP contribution >= 0.6 is 0 Å². The lowest BCUT2D eigenvalue weighted by Gasteiger charge is -2.30. The number of rotatable bonds is 5. The van der Waals surface area contributed by atoms with Gasteiger partial charge in [0.25, 0.3) is 0 Å². The fraction of sp³-hybridized carbons (Fsp3) is 0.241. The summed E-state index contributed by atoms with van der Waals surface area (Å²) in [6, 6.07) is 17.7. The number of halogens is 3. The zero-order valence-electron chi connectivity index (χ0n) is 21.4. The maximum Gasteiger partial charge on any atom is 0.416 e. The number of carbonyl (C=O) groups is 2. The molecule has 0 radical (unpaired) electrons. The second-order valence-corrected chi connectivity index (χ2v) is 9.55. The molecule has 4 aromatic rings. The molecule has 0 atom stereocenters. The molecule has 8 nitrogen and oxygen atoms in total. The maximum atomic E-state index is 12.9. The monoisotopic (exact) mass is 550 g/mol. The van der Waals surface area contributed by atoms with E-state index >= 15 is 0 Å². The number of amides is 1. The Hall–Kier alpha value is -4.67. The van der Waals surface area contributed by atoms with Gasteiger partial charge in [0.15, 0.2) is 0 Å². The molecule has 0 unspecified atom stereocenters. The number of piperidine rings is 1. The Bertz CT molecular complexity index is 1520. The summed E-state index contributed by atoms with van der Waals surface area (Å²) in [6.45, 7) is 0.999. The molecule has 11 heteroatoms. The van der Waals surface area contributed by atoms with Crippen molar-refractivity contribution in [2.24, 2.45) is 0 Å². The van der Waals surface area contributed by atoms with E-state index < -0.39 is 23.8 Å². The van der Waals surface area contributed by atoms with Gasteiger partial charge in [0, 0.05) is 18.7 Å².